The van der Waals surface area contributed by atoms with Crippen molar-refractivity contribution in [3.05, 3.63) is 35.4 Å². The van der Waals surface area contributed by atoms with E-state index in [0.29, 0.717) is 23.4 Å². The van der Waals surface area contributed by atoms with Gasteiger partial charge in [0.2, 0.25) is 5.91 Å². The predicted octanol–water partition coefficient (Wildman–Crippen LogP) is 3.19. The van der Waals surface area contributed by atoms with Gasteiger partial charge in [0.1, 0.15) is 12.3 Å². The quantitative estimate of drug-likeness (QED) is 0.489. The third-order valence-corrected chi connectivity index (χ3v) is 5.06. The highest BCUT2D eigenvalue weighted by atomic mass is 19.4. The number of rotatable bonds is 8. The molecule has 0 aliphatic heterocycles. The van der Waals surface area contributed by atoms with Gasteiger partial charge in [-0.05, 0) is 30.5 Å². The number of aldehydes is 1. The fourth-order valence-electron chi connectivity index (χ4n) is 3.47. The highest BCUT2D eigenvalue weighted by Gasteiger charge is 2.32. The van der Waals surface area contributed by atoms with Crippen molar-refractivity contribution in [1.29, 1.82) is 0 Å². The topological polar surface area (TPSA) is 104 Å². The summed E-state index contributed by atoms with van der Waals surface area (Å²) >= 11 is 0. The fraction of sp³-hybridized carbons (Fsp3) is 0.500. The Morgan fingerprint density at radius 3 is 2.47 bits per heavy atom. The predicted molar refractivity (Wildman–Crippen MR) is 99.1 cm³/mol. The van der Waals surface area contributed by atoms with Crippen LogP contribution in [0.3, 0.4) is 0 Å². The van der Waals surface area contributed by atoms with E-state index in [-0.39, 0.29) is 18.3 Å². The second-order valence-electron chi connectivity index (χ2n) is 7.27. The monoisotopic (exact) mass is 428 g/mol. The average Bonchev–Trinajstić information content (AvgIpc) is 3.21. The molecule has 0 aromatic heterocycles. The van der Waals surface area contributed by atoms with Crippen molar-refractivity contribution in [2.24, 2.45) is 5.92 Å². The first-order chi connectivity index (χ1) is 14.1. The molecule has 164 valence electrons. The van der Waals surface area contributed by atoms with Crippen molar-refractivity contribution < 1.29 is 37.5 Å². The van der Waals surface area contributed by atoms with Crippen LogP contribution in [-0.4, -0.2) is 40.2 Å². The molecule has 7 nitrogen and oxygen atoms in total. The van der Waals surface area contributed by atoms with Crippen LogP contribution in [0.5, 0.6) is 0 Å². The lowest BCUT2D eigenvalue weighted by Gasteiger charge is -2.28. The molecular formula is C20H23F3N2O5. The van der Waals surface area contributed by atoms with Crippen LogP contribution < -0.4 is 5.43 Å². The molecule has 2 rings (SSSR count). The van der Waals surface area contributed by atoms with Gasteiger partial charge in [0.15, 0.2) is 0 Å². The molecule has 0 radical (unpaired) electrons. The van der Waals surface area contributed by atoms with Gasteiger partial charge in [0.05, 0.1) is 12.0 Å². The van der Waals surface area contributed by atoms with E-state index in [2.05, 4.69) is 5.43 Å². The maximum absolute atomic E-state index is 12.9. The van der Waals surface area contributed by atoms with Crippen molar-refractivity contribution in [2.75, 3.05) is 0 Å². The van der Waals surface area contributed by atoms with E-state index < -0.39 is 42.0 Å². The van der Waals surface area contributed by atoms with Gasteiger partial charge in [0, 0.05) is 12.0 Å². The normalized spacial score (nSPS) is 15.4. The Hall–Kier alpha value is -2.91. The molecule has 1 aromatic rings. The molecule has 1 aliphatic rings. The number of aliphatic carboxylic acids is 1. The lowest BCUT2D eigenvalue weighted by Crippen LogP contribution is -2.53. The Bertz CT molecular complexity index is 791. The van der Waals surface area contributed by atoms with Crippen molar-refractivity contribution >= 4 is 24.1 Å². The van der Waals surface area contributed by atoms with Crippen LogP contribution >= 0.6 is 0 Å². The number of carbonyl (C=O) groups is 4. The second-order valence-corrected chi connectivity index (χ2v) is 7.27. The lowest BCUT2D eigenvalue weighted by molar-refractivity contribution is -0.145. The number of carboxylic acids is 1. The Balaban J connectivity index is 2.18. The van der Waals surface area contributed by atoms with Gasteiger partial charge in [-0.15, -0.1) is 0 Å². The number of benzene rings is 1. The number of alkyl halides is 3. The second kappa shape index (κ2) is 10.2. The van der Waals surface area contributed by atoms with Crippen LogP contribution in [0.4, 0.5) is 13.2 Å². The van der Waals surface area contributed by atoms with Gasteiger partial charge in [-0.2, -0.15) is 13.2 Å². The van der Waals surface area contributed by atoms with Gasteiger partial charge < -0.3 is 9.90 Å². The molecule has 0 spiro atoms. The Labute approximate surface area is 171 Å². The Morgan fingerprint density at radius 2 is 1.90 bits per heavy atom. The van der Waals surface area contributed by atoms with Gasteiger partial charge in [-0.3, -0.25) is 19.8 Å². The van der Waals surface area contributed by atoms with Crippen LogP contribution in [0.25, 0.3) is 0 Å². The summed E-state index contributed by atoms with van der Waals surface area (Å²) < 4.78 is 38.7. The number of nitrogens with one attached hydrogen (secondary N) is 1. The van der Waals surface area contributed by atoms with Crippen molar-refractivity contribution in [3.8, 4) is 0 Å². The smallest absolute Gasteiger partial charge is 0.416 e. The van der Waals surface area contributed by atoms with Crippen molar-refractivity contribution in [3.63, 3.8) is 0 Å². The van der Waals surface area contributed by atoms with E-state index in [1.54, 1.807) is 0 Å². The van der Waals surface area contributed by atoms with E-state index in [4.69, 9.17) is 5.11 Å². The van der Waals surface area contributed by atoms with E-state index in [0.717, 1.165) is 43.9 Å². The van der Waals surface area contributed by atoms with Crippen LogP contribution in [0.15, 0.2) is 24.3 Å². The average molecular weight is 428 g/mol. The molecule has 0 bridgehead atoms. The fourth-order valence-corrected chi connectivity index (χ4v) is 3.47. The van der Waals surface area contributed by atoms with Crippen molar-refractivity contribution in [2.45, 2.75) is 57.2 Å². The van der Waals surface area contributed by atoms with Gasteiger partial charge in [-0.1, -0.05) is 31.7 Å². The molecule has 1 aliphatic carbocycles. The number of nitrogens with zero attached hydrogens (tertiary/aromatic N) is 1. The summed E-state index contributed by atoms with van der Waals surface area (Å²) in [5.74, 6) is -2.74. The number of halogens is 3. The van der Waals surface area contributed by atoms with Crippen molar-refractivity contribution in [1.82, 2.24) is 10.4 Å². The Morgan fingerprint density at radius 1 is 1.23 bits per heavy atom. The van der Waals surface area contributed by atoms with E-state index in [1.165, 1.54) is 0 Å². The molecule has 2 amide bonds. The largest absolute Gasteiger partial charge is 0.481 e. The summed E-state index contributed by atoms with van der Waals surface area (Å²) in [5.41, 5.74) is 0.701. The first-order valence-electron chi connectivity index (χ1n) is 9.59. The molecule has 10 heteroatoms. The van der Waals surface area contributed by atoms with Crippen LogP contribution in [-0.2, 0) is 20.6 Å². The molecule has 1 atom stereocenters. The first-order valence-corrected chi connectivity index (χ1v) is 9.59. The van der Waals surface area contributed by atoms with E-state index in [1.807, 2.05) is 0 Å². The molecule has 0 unspecified atom stereocenters. The van der Waals surface area contributed by atoms with E-state index in [9.17, 15) is 32.3 Å². The van der Waals surface area contributed by atoms with Crippen LogP contribution in [0, 0.1) is 5.92 Å². The lowest BCUT2D eigenvalue weighted by atomic mass is 10.0. The maximum atomic E-state index is 12.9. The highest BCUT2D eigenvalue weighted by molar-refractivity contribution is 5.96. The summed E-state index contributed by atoms with van der Waals surface area (Å²) in [6.07, 6.45) is -0.635. The molecule has 1 fully saturated rings. The van der Waals surface area contributed by atoms with Crippen LogP contribution in [0.1, 0.15) is 60.9 Å². The number of hydrogen-bond acceptors (Lipinski definition) is 4. The zero-order chi connectivity index (χ0) is 22.3. The minimum atomic E-state index is -4.66. The summed E-state index contributed by atoms with van der Waals surface area (Å²) in [6, 6.07) is 2.09. The number of carboxylic acid groups (broad SMARTS) is 1. The summed E-state index contributed by atoms with van der Waals surface area (Å²) in [7, 11) is 0. The summed E-state index contributed by atoms with van der Waals surface area (Å²) in [6.45, 7) is 0. The molecular weight excluding hydrogens is 405 g/mol. The Kier molecular flexibility index (Phi) is 7.96. The molecule has 1 saturated carbocycles. The number of hydrazine groups is 1. The third kappa shape index (κ3) is 6.57. The maximum Gasteiger partial charge on any atom is 0.416 e. The van der Waals surface area contributed by atoms with Crippen LogP contribution in [0.2, 0.25) is 0 Å². The minimum Gasteiger partial charge on any atom is -0.481 e. The molecule has 1 aromatic carbocycles. The zero-order valence-electron chi connectivity index (χ0n) is 16.2. The number of amides is 2. The van der Waals surface area contributed by atoms with Gasteiger partial charge in [0.25, 0.3) is 5.91 Å². The highest BCUT2D eigenvalue weighted by Crippen LogP contribution is 2.30. The molecule has 2 N–H and O–H groups in total. The third-order valence-electron chi connectivity index (χ3n) is 5.06. The number of hydrogen-bond donors (Lipinski definition) is 2. The number of carbonyl (C=O) groups excluding carboxylic acids is 3. The molecule has 0 heterocycles. The van der Waals surface area contributed by atoms with Gasteiger partial charge >= 0.3 is 12.1 Å². The van der Waals surface area contributed by atoms with Gasteiger partial charge in [-0.25, -0.2) is 5.01 Å². The molecule has 0 saturated heterocycles. The SMILES string of the molecule is O=C[C@H](CC(=O)O)N(NC(=O)c1cccc(C(F)(F)F)c1)C(=O)CCC1CCCC1. The molecule has 30 heavy (non-hydrogen) atoms. The standard InChI is InChI=1S/C20H23F3N2O5/c21-20(22,23)15-7-3-6-14(10-15)19(30)24-25(16(12-26)11-18(28)29)17(27)9-8-13-4-1-2-5-13/h3,6-7,10,12-13,16H,1-2,4-5,8-9,11H2,(H,24,30)(H,28,29)/t16-/m0/s1. The first kappa shape index (κ1) is 23.4. The zero-order valence-corrected chi connectivity index (χ0v) is 16.2. The minimum absolute atomic E-state index is 0.0164. The van der Waals surface area contributed by atoms with E-state index >= 15 is 0 Å². The summed E-state index contributed by atoms with van der Waals surface area (Å²) in [4.78, 5) is 47.6. The summed E-state index contributed by atoms with van der Waals surface area (Å²) in [5, 5.41) is 9.61.